The number of rotatable bonds is 1. The molecule has 2 aromatic heterocycles. The van der Waals surface area contributed by atoms with Crippen LogP contribution < -0.4 is 9.64 Å². The second kappa shape index (κ2) is 4.88. The summed E-state index contributed by atoms with van der Waals surface area (Å²) in [5, 5.41) is 0. The summed E-state index contributed by atoms with van der Waals surface area (Å²) in [5.74, 6) is 0.527. The van der Waals surface area contributed by atoms with Crippen LogP contribution in [0.2, 0.25) is 0 Å². The molecule has 0 unspecified atom stereocenters. The average Bonchev–Trinajstić information content (AvgIpc) is 2.46. The topological polar surface area (TPSA) is 55.3 Å². The molecule has 6 heteroatoms. The Morgan fingerprint density at radius 1 is 1.30 bits per heavy atom. The first-order valence-electron chi connectivity index (χ1n) is 6.17. The Kier molecular flexibility index (Phi) is 3.06. The number of ether oxygens (including phenoxy) is 1. The van der Waals surface area contributed by atoms with Gasteiger partial charge in [-0.1, -0.05) is 0 Å². The van der Waals surface area contributed by atoms with E-state index in [0.717, 1.165) is 6.20 Å². The van der Waals surface area contributed by atoms with Gasteiger partial charge >= 0.3 is 0 Å². The van der Waals surface area contributed by atoms with Crippen LogP contribution in [0.5, 0.6) is 5.75 Å². The molecule has 20 heavy (non-hydrogen) atoms. The fourth-order valence-corrected chi connectivity index (χ4v) is 2.13. The number of pyridine rings is 2. The molecule has 2 aromatic rings. The van der Waals surface area contributed by atoms with Crippen LogP contribution in [0.3, 0.4) is 0 Å². The van der Waals surface area contributed by atoms with Gasteiger partial charge in [-0.15, -0.1) is 0 Å². The highest BCUT2D eigenvalue weighted by atomic mass is 19.1. The number of fused-ring (bicyclic) bond motifs is 1. The highest BCUT2D eigenvalue weighted by molar-refractivity contribution is 5.92. The lowest BCUT2D eigenvalue weighted by Crippen LogP contribution is -2.37. The van der Waals surface area contributed by atoms with Gasteiger partial charge in [-0.25, -0.2) is 9.37 Å². The minimum absolute atomic E-state index is 0.0813. The van der Waals surface area contributed by atoms with Crippen LogP contribution in [0.1, 0.15) is 6.92 Å². The van der Waals surface area contributed by atoms with E-state index in [9.17, 15) is 9.18 Å². The van der Waals surface area contributed by atoms with Crippen LogP contribution >= 0.6 is 0 Å². The predicted octanol–water partition coefficient (Wildman–Crippen LogP) is 2.03. The number of hydrogen-bond acceptors (Lipinski definition) is 4. The lowest BCUT2D eigenvalue weighted by Gasteiger charge is -2.27. The van der Waals surface area contributed by atoms with Gasteiger partial charge in [-0.05, 0) is 12.1 Å². The van der Waals surface area contributed by atoms with E-state index in [-0.39, 0.29) is 5.91 Å². The molecular formula is C14H12FN3O2. The molecule has 0 bridgehead atoms. The lowest BCUT2D eigenvalue weighted by molar-refractivity contribution is -0.116. The summed E-state index contributed by atoms with van der Waals surface area (Å²) in [6.45, 7) is 2.39. The quantitative estimate of drug-likeness (QED) is 0.797. The molecule has 0 saturated heterocycles. The Morgan fingerprint density at radius 2 is 2.10 bits per heavy atom. The molecule has 1 aliphatic heterocycles. The van der Waals surface area contributed by atoms with E-state index in [0.29, 0.717) is 35.8 Å². The van der Waals surface area contributed by atoms with Crippen molar-refractivity contribution in [2.24, 2.45) is 0 Å². The number of halogens is 1. The zero-order valence-corrected chi connectivity index (χ0v) is 10.8. The monoisotopic (exact) mass is 273 g/mol. The third-order valence-corrected chi connectivity index (χ3v) is 3.08. The molecule has 1 aliphatic rings. The second-order valence-electron chi connectivity index (χ2n) is 4.46. The van der Waals surface area contributed by atoms with E-state index in [1.807, 2.05) is 0 Å². The van der Waals surface area contributed by atoms with Crippen molar-refractivity contribution in [3.8, 4) is 16.9 Å². The molecule has 0 aliphatic carbocycles. The first-order chi connectivity index (χ1) is 9.65. The lowest BCUT2D eigenvalue weighted by atomic mass is 10.1. The first-order valence-corrected chi connectivity index (χ1v) is 6.17. The summed E-state index contributed by atoms with van der Waals surface area (Å²) in [6, 6.07) is 3.12. The number of anilines is 1. The molecule has 0 spiro atoms. The van der Waals surface area contributed by atoms with E-state index in [2.05, 4.69) is 9.97 Å². The molecule has 0 atom stereocenters. The fourth-order valence-electron chi connectivity index (χ4n) is 2.13. The summed E-state index contributed by atoms with van der Waals surface area (Å²) < 4.78 is 18.7. The molecule has 3 heterocycles. The summed E-state index contributed by atoms with van der Waals surface area (Å²) in [6.07, 6.45) is 4.28. The van der Waals surface area contributed by atoms with Crippen molar-refractivity contribution in [1.82, 2.24) is 9.97 Å². The number of amides is 1. The third-order valence-electron chi connectivity index (χ3n) is 3.08. The van der Waals surface area contributed by atoms with E-state index in [1.54, 1.807) is 23.4 Å². The highest BCUT2D eigenvalue weighted by Gasteiger charge is 2.23. The van der Waals surface area contributed by atoms with Crippen molar-refractivity contribution in [1.29, 1.82) is 0 Å². The molecule has 0 aromatic carbocycles. The standard InChI is InChI=1S/C14H12FN3O2/c1-9(19)18-2-3-20-13-5-11(7-17-14(13)18)10-4-12(15)8-16-6-10/h4-8H,2-3H2,1H3. The van der Waals surface area contributed by atoms with E-state index < -0.39 is 5.82 Å². The zero-order valence-electron chi connectivity index (χ0n) is 10.8. The number of carbonyl (C=O) groups excluding carboxylic acids is 1. The minimum Gasteiger partial charge on any atom is -0.488 e. The van der Waals surface area contributed by atoms with Gasteiger partial charge in [-0.3, -0.25) is 14.7 Å². The van der Waals surface area contributed by atoms with Crippen molar-refractivity contribution in [3.05, 3.63) is 36.5 Å². The van der Waals surface area contributed by atoms with Crippen molar-refractivity contribution < 1.29 is 13.9 Å². The maximum atomic E-state index is 13.2. The number of aromatic nitrogens is 2. The molecule has 0 saturated carbocycles. The number of hydrogen-bond donors (Lipinski definition) is 0. The summed E-state index contributed by atoms with van der Waals surface area (Å²) in [5.41, 5.74) is 1.31. The Morgan fingerprint density at radius 3 is 2.85 bits per heavy atom. The molecule has 3 rings (SSSR count). The van der Waals surface area contributed by atoms with Crippen molar-refractivity contribution >= 4 is 11.7 Å². The molecule has 0 N–H and O–H groups in total. The maximum Gasteiger partial charge on any atom is 0.225 e. The Balaban J connectivity index is 2.03. The smallest absolute Gasteiger partial charge is 0.225 e. The van der Waals surface area contributed by atoms with Crippen LogP contribution in [0.15, 0.2) is 30.7 Å². The van der Waals surface area contributed by atoms with E-state index in [1.165, 1.54) is 13.0 Å². The SMILES string of the molecule is CC(=O)N1CCOc2cc(-c3cncc(F)c3)cnc21. The number of nitrogens with zero attached hydrogens (tertiary/aromatic N) is 3. The highest BCUT2D eigenvalue weighted by Crippen LogP contribution is 2.33. The van der Waals surface area contributed by atoms with Gasteiger partial charge in [0, 0.05) is 30.4 Å². The molecule has 0 radical (unpaired) electrons. The molecule has 5 nitrogen and oxygen atoms in total. The summed E-state index contributed by atoms with van der Waals surface area (Å²) in [7, 11) is 0. The van der Waals surface area contributed by atoms with Crippen molar-refractivity contribution in [2.75, 3.05) is 18.1 Å². The molecule has 1 amide bonds. The average molecular weight is 273 g/mol. The van der Waals surface area contributed by atoms with Gasteiger partial charge in [-0.2, -0.15) is 0 Å². The van der Waals surface area contributed by atoms with Gasteiger partial charge in [0.15, 0.2) is 11.6 Å². The Labute approximate surface area is 115 Å². The van der Waals surface area contributed by atoms with E-state index >= 15 is 0 Å². The summed E-state index contributed by atoms with van der Waals surface area (Å²) >= 11 is 0. The van der Waals surface area contributed by atoms with Gasteiger partial charge in [0.05, 0.1) is 12.7 Å². The van der Waals surface area contributed by atoms with Gasteiger partial charge < -0.3 is 4.74 Å². The maximum absolute atomic E-state index is 13.2. The van der Waals surface area contributed by atoms with Crippen LogP contribution in [0.25, 0.3) is 11.1 Å². The normalized spacial score (nSPS) is 13.6. The minimum atomic E-state index is -0.411. The zero-order chi connectivity index (χ0) is 14.1. The van der Waals surface area contributed by atoms with Crippen LogP contribution in [-0.4, -0.2) is 29.0 Å². The first kappa shape index (κ1) is 12.5. The third kappa shape index (κ3) is 2.20. The Bertz CT molecular complexity index is 675. The molecule has 0 fully saturated rings. The van der Waals surface area contributed by atoms with Gasteiger partial charge in [0.25, 0.3) is 0 Å². The van der Waals surface area contributed by atoms with Crippen molar-refractivity contribution in [3.63, 3.8) is 0 Å². The van der Waals surface area contributed by atoms with Gasteiger partial charge in [0.2, 0.25) is 5.91 Å². The molecular weight excluding hydrogens is 261 g/mol. The van der Waals surface area contributed by atoms with Crippen molar-refractivity contribution in [2.45, 2.75) is 6.92 Å². The fraction of sp³-hybridized carbons (Fsp3) is 0.214. The second-order valence-corrected chi connectivity index (χ2v) is 4.46. The van der Waals surface area contributed by atoms with Crippen LogP contribution in [-0.2, 0) is 4.79 Å². The predicted molar refractivity (Wildman–Crippen MR) is 70.9 cm³/mol. The largest absolute Gasteiger partial charge is 0.488 e. The van der Waals surface area contributed by atoms with Crippen LogP contribution in [0.4, 0.5) is 10.2 Å². The van der Waals surface area contributed by atoms with Crippen LogP contribution in [0, 0.1) is 5.82 Å². The Hall–Kier alpha value is -2.50. The summed E-state index contributed by atoms with van der Waals surface area (Å²) in [4.78, 5) is 21.2. The number of carbonyl (C=O) groups is 1. The van der Waals surface area contributed by atoms with Gasteiger partial charge in [0.1, 0.15) is 12.4 Å². The van der Waals surface area contributed by atoms with E-state index in [4.69, 9.17) is 4.74 Å². The molecule has 102 valence electrons.